The lowest BCUT2D eigenvalue weighted by Gasteiger charge is -1.98. The third-order valence-electron chi connectivity index (χ3n) is 1.93. The molecule has 0 fully saturated rings. The highest BCUT2D eigenvalue weighted by atomic mass is 35.5. The van der Waals surface area contributed by atoms with Gasteiger partial charge in [-0.05, 0) is 17.1 Å². The van der Waals surface area contributed by atoms with Crippen LogP contribution in [0.4, 0.5) is 0 Å². The van der Waals surface area contributed by atoms with Gasteiger partial charge in [0.15, 0.2) is 5.15 Å². The number of hydrogen-bond acceptors (Lipinski definition) is 3. The molecule has 2 rings (SSSR count). The highest BCUT2D eigenvalue weighted by Crippen LogP contribution is 2.32. The van der Waals surface area contributed by atoms with Crippen molar-refractivity contribution in [3.8, 4) is 10.4 Å². The molecule has 0 radical (unpaired) electrons. The van der Waals surface area contributed by atoms with Gasteiger partial charge >= 0.3 is 0 Å². The SMILES string of the molecule is NC(=O)c1c(Cl)nsc1-c1ccccc1. The summed E-state index contributed by atoms with van der Waals surface area (Å²) in [6.07, 6.45) is 0. The van der Waals surface area contributed by atoms with Crippen molar-refractivity contribution >= 4 is 29.0 Å². The first kappa shape index (κ1) is 10.1. The highest BCUT2D eigenvalue weighted by Gasteiger charge is 2.17. The third-order valence-corrected chi connectivity index (χ3v) is 3.20. The Bertz CT molecular complexity index is 495. The highest BCUT2D eigenvalue weighted by molar-refractivity contribution is 7.10. The van der Waals surface area contributed by atoms with E-state index in [-0.39, 0.29) is 5.15 Å². The fourth-order valence-electron chi connectivity index (χ4n) is 1.27. The maximum Gasteiger partial charge on any atom is 0.253 e. The van der Waals surface area contributed by atoms with Crippen LogP contribution >= 0.6 is 23.1 Å². The molecule has 1 aromatic heterocycles. The summed E-state index contributed by atoms with van der Waals surface area (Å²) in [5, 5.41) is 0.173. The van der Waals surface area contributed by atoms with Gasteiger partial charge in [-0.25, -0.2) is 0 Å². The summed E-state index contributed by atoms with van der Waals surface area (Å²) >= 11 is 6.96. The molecule has 1 heterocycles. The molecule has 5 heteroatoms. The lowest BCUT2D eigenvalue weighted by atomic mass is 10.1. The van der Waals surface area contributed by atoms with Gasteiger partial charge in [-0.15, -0.1) is 0 Å². The van der Waals surface area contributed by atoms with E-state index in [1.54, 1.807) is 0 Å². The van der Waals surface area contributed by atoms with Gasteiger partial charge in [0, 0.05) is 0 Å². The zero-order chi connectivity index (χ0) is 10.8. The molecule has 1 amide bonds. The van der Waals surface area contributed by atoms with E-state index in [2.05, 4.69) is 4.37 Å². The minimum atomic E-state index is -0.549. The molecule has 0 atom stereocenters. The predicted octanol–water partition coefficient (Wildman–Crippen LogP) is 2.56. The number of carbonyl (C=O) groups excluding carboxylic acids is 1. The zero-order valence-corrected chi connectivity index (χ0v) is 9.18. The Morgan fingerprint density at radius 2 is 2.00 bits per heavy atom. The van der Waals surface area contributed by atoms with E-state index >= 15 is 0 Å². The molecule has 0 aliphatic carbocycles. The average Bonchev–Trinajstić information content (AvgIpc) is 2.61. The van der Waals surface area contributed by atoms with Crippen LogP contribution in [0, 0.1) is 0 Å². The molecule has 2 N–H and O–H groups in total. The largest absolute Gasteiger partial charge is 0.365 e. The van der Waals surface area contributed by atoms with Crippen LogP contribution in [0.15, 0.2) is 30.3 Å². The molecule has 0 saturated heterocycles. The van der Waals surface area contributed by atoms with Crippen molar-refractivity contribution in [2.75, 3.05) is 0 Å². The van der Waals surface area contributed by atoms with Crippen LogP contribution in [-0.2, 0) is 0 Å². The second-order valence-corrected chi connectivity index (χ2v) is 4.04. The molecule has 1 aromatic carbocycles. The monoisotopic (exact) mass is 238 g/mol. The fourth-order valence-corrected chi connectivity index (χ4v) is 2.41. The average molecular weight is 239 g/mol. The molecule has 3 nitrogen and oxygen atoms in total. The molecule has 0 saturated carbocycles. The molecule has 0 bridgehead atoms. The number of benzene rings is 1. The topological polar surface area (TPSA) is 56.0 Å². The van der Waals surface area contributed by atoms with Gasteiger partial charge in [-0.3, -0.25) is 4.79 Å². The summed E-state index contributed by atoms with van der Waals surface area (Å²) in [5.41, 5.74) is 6.44. The minimum Gasteiger partial charge on any atom is -0.365 e. The number of nitrogens with two attached hydrogens (primary N) is 1. The van der Waals surface area contributed by atoms with E-state index in [1.807, 2.05) is 30.3 Å². The summed E-state index contributed by atoms with van der Waals surface area (Å²) in [7, 11) is 0. The minimum absolute atomic E-state index is 0.173. The van der Waals surface area contributed by atoms with Crippen molar-refractivity contribution in [1.82, 2.24) is 4.37 Å². The van der Waals surface area contributed by atoms with Gasteiger partial charge in [-0.2, -0.15) is 4.37 Å². The summed E-state index contributed by atoms with van der Waals surface area (Å²) in [4.78, 5) is 11.9. The van der Waals surface area contributed by atoms with Crippen molar-refractivity contribution < 1.29 is 4.79 Å². The van der Waals surface area contributed by atoms with Crippen LogP contribution in [0.2, 0.25) is 5.15 Å². The molecule has 2 aromatic rings. The maximum atomic E-state index is 11.2. The number of hydrogen-bond donors (Lipinski definition) is 1. The zero-order valence-electron chi connectivity index (χ0n) is 7.61. The van der Waals surface area contributed by atoms with Gasteiger partial charge in [0.05, 0.1) is 10.4 Å². The predicted molar refractivity (Wildman–Crippen MR) is 61.1 cm³/mol. The Morgan fingerprint density at radius 1 is 1.33 bits per heavy atom. The summed E-state index contributed by atoms with van der Waals surface area (Å²) < 4.78 is 3.92. The van der Waals surface area contributed by atoms with Crippen LogP contribution in [0.5, 0.6) is 0 Å². The number of halogens is 1. The Kier molecular flexibility index (Phi) is 2.70. The van der Waals surface area contributed by atoms with E-state index in [4.69, 9.17) is 17.3 Å². The molecule has 76 valence electrons. The second kappa shape index (κ2) is 4.00. The first-order chi connectivity index (χ1) is 7.20. The van der Waals surface area contributed by atoms with E-state index in [9.17, 15) is 4.79 Å². The summed E-state index contributed by atoms with van der Waals surface area (Å²) in [6.45, 7) is 0. The van der Waals surface area contributed by atoms with E-state index < -0.39 is 5.91 Å². The van der Waals surface area contributed by atoms with Crippen LogP contribution in [0.3, 0.4) is 0 Å². The fraction of sp³-hybridized carbons (Fsp3) is 0. The van der Waals surface area contributed by atoms with E-state index in [0.29, 0.717) is 10.4 Å². The van der Waals surface area contributed by atoms with Crippen molar-refractivity contribution in [3.05, 3.63) is 41.0 Å². The van der Waals surface area contributed by atoms with Crippen molar-refractivity contribution in [3.63, 3.8) is 0 Å². The number of aromatic nitrogens is 1. The van der Waals surface area contributed by atoms with Crippen LogP contribution in [0.25, 0.3) is 10.4 Å². The van der Waals surface area contributed by atoms with E-state index in [1.165, 1.54) is 11.5 Å². The number of nitrogens with zero attached hydrogens (tertiary/aromatic N) is 1. The van der Waals surface area contributed by atoms with Crippen LogP contribution in [-0.4, -0.2) is 10.3 Å². The van der Waals surface area contributed by atoms with Gasteiger partial charge in [0.2, 0.25) is 0 Å². The second-order valence-electron chi connectivity index (χ2n) is 2.91. The molecule has 0 aliphatic rings. The molecule has 15 heavy (non-hydrogen) atoms. The first-order valence-electron chi connectivity index (χ1n) is 4.20. The maximum absolute atomic E-state index is 11.2. The lowest BCUT2D eigenvalue weighted by Crippen LogP contribution is -2.11. The van der Waals surface area contributed by atoms with Crippen molar-refractivity contribution in [1.29, 1.82) is 0 Å². The van der Waals surface area contributed by atoms with Gasteiger partial charge in [0.1, 0.15) is 0 Å². The quantitative estimate of drug-likeness (QED) is 0.874. The Labute approximate surface area is 95.7 Å². The normalized spacial score (nSPS) is 10.2. The Balaban J connectivity index is 2.59. The third kappa shape index (κ3) is 1.86. The van der Waals surface area contributed by atoms with Crippen LogP contribution < -0.4 is 5.73 Å². The van der Waals surface area contributed by atoms with Crippen LogP contribution in [0.1, 0.15) is 10.4 Å². The standard InChI is InChI=1S/C10H7ClN2OS/c11-9-7(10(12)14)8(15-13-9)6-4-2-1-3-5-6/h1-5H,(H2,12,14). The number of amides is 1. The molecule has 0 unspecified atom stereocenters. The Hall–Kier alpha value is -1.39. The molecule has 0 aliphatic heterocycles. The molecular formula is C10H7ClN2OS. The molecular weight excluding hydrogens is 232 g/mol. The number of carbonyl (C=O) groups is 1. The Morgan fingerprint density at radius 3 is 2.60 bits per heavy atom. The summed E-state index contributed by atoms with van der Waals surface area (Å²) in [6, 6.07) is 9.43. The van der Waals surface area contributed by atoms with E-state index in [0.717, 1.165) is 5.56 Å². The summed E-state index contributed by atoms with van der Waals surface area (Å²) in [5.74, 6) is -0.549. The first-order valence-corrected chi connectivity index (χ1v) is 5.35. The van der Waals surface area contributed by atoms with Gasteiger partial charge in [-0.1, -0.05) is 41.9 Å². The van der Waals surface area contributed by atoms with Gasteiger partial charge < -0.3 is 5.73 Å². The smallest absolute Gasteiger partial charge is 0.253 e. The lowest BCUT2D eigenvalue weighted by molar-refractivity contribution is 0.100. The molecule has 0 spiro atoms. The number of primary amides is 1. The van der Waals surface area contributed by atoms with Gasteiger partial charge in [0.25, 0.3) is 5.91 Å². The van der Waals surface area contributed by atoms with Crippen molar-refractivity contribution in [2.24, 2.45) is 5.73 Å². The van der Waals surface area contributed by atoms with Crippen molar-refractivity contribution in [2.45, 2.75) is 0 Å². The number of rotatable bonds is 2.